The van der Waals surface area contributed by atoms with Crippen LogP contribution in [0.15, 0.2) is 220 Å². The van der Waals surface area contributed by atoms with Gasteiger partial charge in [-0.25, -0.2) is 14.8 Å². The van der Waals surface area contributed by atoms with E-state index >= 15 is 0 Å². The number of carbonyl (C=O) groups excluding carboxylic acids is 1. The van der Waals surface area contributed by atoms with Crippen molar-refractivity contribution in [2.75, 3.05) is 29.4 Å². The van der Waals surface area contributed by atoms with Crippen LogP contribution < -0.4 is 132 Å². The maximum atomic E-state index is 9.91. The molecule has 6 aromatic carbocycles. The number of benzene rings is 6. The zero-order valence-electron chi connectivity index (χ0n) is 75.4. The molecule has 0 unspecified atom stereocenters. The van der Waals surface area contributed by atoms with Gasteiger partial charge in [0.05, 0.1) is 24.5 Å². The molecule has 0 atom stereocenters. The maximum Gasteiger partial charge on any atom is 1.00 e. The van der Waals surface area contributed by atoms with E-state index in [0.29, 0.717) is 71.0 Å². The number of oxazole rings is 4. The molecular formula is C95H127Au3K2N10O11-3. The fourth-order valence-corrected chi connectivity index (χ4v) is 13.6. The molecule has 21 nitrogen and oxygen atoms in total. The zero-order valence-corrected chi connectivity index (χ0v) is 88.1. The summed E-state index contributed by atoms with van der Waals surface area (Å²) in [5.41, 5.74) is 24.9. The van der Waals surface area contributed by atoms with Gasteiger partial charge in [-0.3, -0.25) is 4.98 Å². The molecule has 0 fully saturated rings. The molecule has 1 radical (unpaired) electrons. The Labute approximate surface area is 853 Å². The molecular weight excluding hydrogens is 2130 g/mol. The molecule has 0 saturated heterocycles. The molecule has 0 aliphatic carbocycles. The van der Waals surface area contributed by atoms with E-state index in [1.54, 1.807) is 6.20 Å². The molecule has 7 heterocycles. The van der Waals surface area contributed by atoms with E-state index in [1.165, 1.54) is 157 Å². The van der Waals surface area contributed by atoms with Crippen LogP contribution in [0.5, 0.6) is 0 Å². The van der Waals surface area contributed by atoms with Crippen molar-refractivity contribution in [3.05, 3.63) is 308 Å². The molecule has 4 aromatic heterocycles. The van der Waals surface area contributed by atoms with Crippen LogP contribution in [0.2, 0.25) is 0 Å². The standard InChI is InChI=1S/3C27H37N2.C4H3NO3.C4H2NO2.C3H3NO.C3H2NO.3Au.2K.4H2O/c3*1-18(2)22-11-9-12-23(19(3)4)26(22)28-15-16-29(17-28)27-24(20(5)6)13-10-14-25(27)21(7)8;6-4(7)3-5-1-2-8-3;6-3-4-5-1-2-7-4;2*1-2-5-3-4-1;;;;;;;;;/h3*9-21H,1-8H3;1-2H,(H,6,7);1-2H;1-3H;1-2H;;;;;;4*1H2/q3*-1;;-1;;-1;;4*+1;;;;/p-2. The van der Waals surface area contributed by atoms with Gasteiger partial charge in [-0.05, 0) is 181 Å². The summed E-state index contributed by atoms with van der Waals surface area (Å²) in [5.74, 6) is 4.35. The largest absolute Gasteiger partial charge is 1.00 e. The number of carboxylic acids is 1. The summed E-state index contributed by atoms with van der Waals surface area (Å²) in [6.45, 7) is 61.6. The van der Waals surface area contributed by atoms with Crippen LogP contribution in [0.1, 0.15) is 321 Å². The number of para-hydroxylation sites is 6. The van der Waals surface area contributed by atoms with Crippen molar-refractivity contribution in [3.63, 3.8) is 0 Å². The van der Waals surface area contributed by atoms with Gasteiger partial charge in [0, 0.05) is 56.5 Å². The number of carboxylic acid groups (broad SMARTS) is 1. The molecule has 10 aromatic rings. The third kappa shape index (κ3) is 33.7. The minimum absolute atomic E-state index is 0. The summed E-state index contributed by atoms with van der Waals surface area (Å²) in [4.78, 5) is 47.2. The van der Waals surface area contributed by atoms with Crippen molar-refractivity contribution in [1.82, 2.24) is 19.9 Å². The summed E-state index contributed by atoms with van der Waals surface area (Å²) in [6, 6.07) is 40.5. The third-order valence-corrected chi connectivity index (χ3v) is 19.3. The Hall–Kier alpha value is -5.35. The number of hydrogen-bond donors (Lipinski definition) is 1. The molecule has 3 aliphatic heterocycles. The molecule has 13 rings (SSSR count). The Morgan fingerprint density at radius 1 is 0.364 bits per heavy atom. The fraction of sp³-hybridized carbons (Fsp3) is 0.379. The van der Waals surface area contributed by atoms with Crippen LogP contribution in [0, 0.1) is 26.4 Å². The predicted octanol–water partition coefficient (Wildman–Crippen LogP) is 17.9. The summed E-state index contributed by atoms with van der Waals surface area (Å²) in [6.07, 6.45) is 29.7. The summed E-state index contributed by atoms with van der Waals surface area (Å²) < 4.78 is 17.7. The van der Waals surface area contributed by atoms with Crippen molar-refractivity contribution < 1.29 is 224 Å². The average Bonchev–Trinajstić information content (AvgIpc) is 1.65. The van der Waals surface area contributed by atoms with E-state index in [-0.39, 0.29) is 204 Å². The van der Waals surface area contributed by atoms with Gasteiger partial charge < -0.3 is 83.9 Å². The zero-order chi connectivity index (χ0) is 82.0. The normalized spacial score (nSPS) is 12.1. The van der Waals surface area contributed by atoms with Crippen molar-refractivity contribution in [1.29, 1.82) is 0 Å². The number of aromatic nitrogens is 4. The van der Waals surface area contributed by atoms with Crippen molar-refractivity contribution in [3.8, 4) is 0 Å². The van der Waals surface area contributed by atoms with Crippen molar-refractivity contribution >= 4 is 46.4 Å². The first-order chi connectivity index (χ1) is 53.4. The first-order valence-corrected chi connectivity index (χ1v) is 39.4. The van der Waals surface area contributed by atoms with Crippen LogP contribution in [-0.2, 0) is 71.9 Å². The van der Waals surface area contributed by atoms with E-state index in [1.807, 2.05) is 0 Å². The van der Waals surface area contributed by atoms with Crippen molar-refractivity contribution in [2.45, 2.75) is 237 Å². The van der Waals surface area contributed by atoms with Crippen LogP contribution in [0.25, 0.3) is 0 Å². The molecule has 0 spiro atoms. The number of rotatable bonds is 20. The summed E-state index contributed by atoms with van der Waals surface area (Å²) >= 11 is 0. The molecule has 0 amide bonds. The molecule has 661 valence electrons. The Kier molecular flexibility index (Phi) is 59.0. The van der Waals surface area contributed by atoms with E-state index in [2.05, 4.69) is 406 Å². The molecule has 3 aliphatic rings. The fourth-order valence-electron chi connectivity index (χ4n) is 13.6. The van der Waals surface area contributed by atoms with Crippen LogP contribution in [-0.4, -0.2) is 59.2 Å². The summed E-state index contributed by atoms with van der Waals surface area (Å²) in [5, 5.41) is 8.12. The van der Waals surface area contributed by atoms with E-state index in [4.69, 9.17) is 5.11 Å². The van der Waals surface area contributed by atoms with E-state index in [0.717, 1.165) is 0 Å². The molecule has 26 heteroatoms. The van der Waals surface area contributed by atoms with Gasteiger partial charge in [0.15, 0.2) is 6.39 Å². The molecule has 0 saturated carbocycles. The SMILES string of the molecule is CC(C)c1cccc(C(C)C)c1N1C=CN(c2c(C(C)C)cccc2C(C)C)[CH-]1.CC(C)c1cccc(C(C)C)c1N1C=CN(c2c(C(C)C)cccc2C(C)C)[CH-]1.CC(C)c1cccc(C(C)C)c1N1C=CN(c2c(C(C)C)cccc2C(C)C)[CH-]1.O.O.O=C(O)c1ncco1.O=[C-]c1ncco1.[Au+].[Au+].[Au].[K+].[K+].[OH-].[OH-].[c-]1ncco1.c1cocn1. The van der Waals surface area contributed by atoms with Crippen LogP contribution >= 0.6 is 0 Å². The van der Waals surface area contributed by atoms with Crippen LogP contribution in [0.3, 0.4) is 0 Å². The number of aromatic carboxylic acids is 1. The third-order valence-electron chi connectivity index (χ3n) is 19.3. The Morgan fingerprint density at radius 2 is 0.595 bits per heavy atom. The number of nitrogens with zero attached hydrogens (tertiary/aromatic N) is 10. The second-order valence-corrected chi connectivity index (χ2v) is 31.6. The predicted molar refractivity (Wildman–Crippen MR) is 471 cm³/mol. The van der Waals surface area contributed by atoms with Crippen LogP contribution in [0.4, 0.5) is 34.1 Å². The minimum atomic E-state index is -1.14. The Bertz CT molecular complexity index is 3810. The van der Waals surface area contributed by atoms with Crippen molar-refractivity contribution in [2.24, 2.45) is 0 Å². The van der Waals surface area contributed by atoms with Gasteiger partial charge in [-0.2, -0.15) is 6.29 Å². The topological polar surface area (TPSA) is 301 Å². The average molecular weight is 2250 g/mol. The maximum absolute atomic E-state index is 9.91. The second kappa shape index (κ2) is 59.6. The number of carbonyl (C=O) groups is 1. The van der Waals surface area contributed by atoms with Gasteiger partial charge in [0.1, 0.15) is 25.2 Å². The van der Waals surface area contributed by atoms with Gasteiger partial charge in [0.2, 0.25) is 0 Å². The smallest absolute Gasteiger partial charge is 0.870 e. The summed E-state index contributed by atoms with van der Waals surface area (Å²) in [7, 11) is 0. The van der Waals surface area contributed by atoms with Gasteiger partial charge in [-0.15, -0.1) is 20.0 Å². The number of hydrogen-bond acceptors (Lipinski definition) is 18. The molecule has 0 bridgehead atoms. The minimum Gasteiger partial charge on any atom is -0.870 e. The van der Waals surface area contributed by atoms with E-state index in [9.17, 15) is 9.59 Å². The molecule has 121 heavy (non-hydrogen) atoms. The first-order valence-electron chi connectivity index (χ1n) is 39.4. The first kappa shape index (κ1) is 120. The Morgan fingerprint density at radius 3 is 0.702 bits per heavy atom. The number of anilines is 6. The van der Waals surface area contributed by atoms with E-state index < -0.39 is 5.97 Å². The quantitative estimate of drug-likeness (QED) is 0.0547. The second-order valence-electron chi connectivity index (χ2n) is 31.6. The monoisotopic (exact) mass is 2250 g/mol. The van der Waals surface area contributed by atoms with Gasteiger partial charge in [-0.1, -0.05) is 282 Å². The van der Waals surface area contributed by atoms with Gasteiger partial charge >= 0.3 is 159 Å². The molecule has 7 N–H and O–H groups in total. The Balaban J connectivity index is -0.00000145. The van der Waals surface area contributed by atoms with Gasteiger partial charge in [0.25, 0.3) is 0 Å².